The van der Waals surface area contributed by atoms with Crippen molar-refractivity contribution < 1.29 is 4.79 Å². The van der Waals surface area contributed by atoms with E-state index in [2.05, 4.69) is 31.3 Å². The van der Waals surface area contributed by atoms with Crippen LogP contribution in [0.2, 0.25) is 0 Å². The Morgan fingerprint density at radius 3 is 1.52 bits per heavy atom. The molecule has 0 radical (unpaired) electrons. The van der Waals surface area contributed by atoms with Crippen LogP contribution in [0.5, 0.6) is 0 Å². The van der Waals surface area contributed by atoms with Gasteiger partial charge in [-0.3, -0.25) is 4.79 Å². The number of benzene rings is 3. The molecule has 3 aromatic rings. The van der Waals surface area contributed by atoms with Gasteiger partial charge in [-0.05, 0) is 29.0 Å². The monoisotopic (exact) mass is 357 g/mol. The van der Waals surface area contributed by atoms with Crippen molar-refractivity contribution in [2.45, 2.75) is 32.2 Å². The Bertz CT molecular complexity index is 788. The number of carbonyl (C=O) groups is 1. The third-order valence-corrected chi connectivity index (χ3v) is 4.75. The molecule has 138 valence electrons. The summed E-state index contributed by atoms with van der Waals surface area (Å²) in [6, 6.07) is 30.3. The number of hydrogen-bond acceptors (Lipinski definition) is 1. The molecule has 0 aromatic heterocycles. The summed E-state index contributed by atoms with van der Waals surface area (Å²) in [5, 5.41) is 3.32. The van der Waals surface area contributed by atoms with Crippen molar-refractivity contribution in [3.05, 3.63) is 108 Å². The van der Waals surface area contributed by atoms with Crippen LogP contribution in [0.4, 0.5) is 0 Å². The molecule has 0 saturated carbocycles. The molecule has 0 bridgehead atoms. The molecular formula is C25H27NO. The van der Waals surface area contributed by atoms with E-state index in [1.807, 2.05) is 78.9 Å². The van der Waals surface area contributed by atoms with Crippen molar-refractivity contribution in [3.8, 4) is 0 Å². The van der Waals surface area contributed by atoms with Gasteiger partial charge < -0.3 is 5.32 Å². The number of carbonyl (C=O) groups excluding carboxylic acids is 1. The van der Waals surface area contributed by atoms with Crippen LogP contribution in [0.15, 0.2) is 91.0 Å². The summed E-state index contributed by atoms with van der Waals surface area (Å²) in [7, 11) is 0. The predicted molar refractivity (Wildman–Crippen MR) is 112 cm³/mol. The Morgan fingerprint density at radius 1 is 0.704 bits per heavy atom. The van der Waals surface area contributed by atoms with E-state index < -0.39 is 0 Å². The molecule has 0 aliphatic heterocycles. The molecule has 0 fully saturated rings. The van der Waals surface area contributed by atoms with Gasteiger partial charge in [-0.15, -0.1) is 0 Å². The van der Waals surface area contributed by atoms with Gasteiger partial charge in [-0.2, -0.15) is 0 Å². The van der Waals surface area contributed by atoms with Gasteiger partial charge in [0.15, 0.2) is 0 Å². The van der Waals surface area contributed by atoms with Gasteiger partial charge in [0.2, 0.25) is 5.91 Å². The lowest BCUT2D eigenvalue weighted by atomic mass is 9.89. The summed E-state index contributed by atoms with van der Waals surface area (Å²) in [4.78, 5) is 13.4. The highest BCUT2D eigenvalue weighted by Crippen LogP contribution is 2.28. The molecule has 27 heavy (non-hydrogen) atoms. The minimum Gasteiger partial charge on any atom is -0.348 e. The van der Waals surface area contributed by atoms with Crippen LogP contribution >= 0.6 is 0 Å². The van der Waals surface area contributed by atoms with E-state index in [0.29, 0.717) is 5.92 Å². The lowest BCUT2D eigenvalue weighted by Crippen LogP contribution is -2.34. The Balaban J connectivity index is 1.91. The molecule has 2 heteroatoms. The molecule has 2 nitrogen and oxygen atoms in total. The van der Waals surface area contributed by atoms with Crippen molar-refractivity contribution in [2.24, 2.45) is 5.92 Å². The summed E-state index contributed by atoms with van der Waals surface area (Å²) in [5.41, 5.74) is 3.18. The summed E-state index contributed by atoms with van der Waals surface area (Å²) >= 11 is 0. The first-order valence-corrected chi connectivity index (χ1v) is 9.60. The van der Waals surface area contributed by atoms with Gasteiger partial charge in [-0.1, -0.05) is 105 Å². The highest BCUT2D eigenvalue weighted by atomic mass is 16.1. The van der Waals surface area contributed by atoms with Gasteiger partial charge in [0.05, 0.1) is 12.0 Å². The summed E-state index contributed by atoms with van der Waals surface area (Å²) < 4.78 is 0. The minimum absolute atomic E-state index is 0.00799. The predicted octanol–water partition coefficient (Wildman–Crippen LogP) is 5.72. The van der Waals surface area contributed by atoms with Crippen molar-refractivity contribution in [2.75, 3.05) is 0 Å². The molecule has 1 N–H and O–H groups in total. The van der Waals surface area contributed by atoms with E-state index in [4.69, 9.17) is 0 Å². The van der Waals surface area contributed by atoms with E-state index in [1.165, 1.54) is 0 Å². The lowest BCUT2D eigenvalue weighted by Gasteiger charge is -2.25. The largest absolute Gasteiger partial charge is 0.348 e. The fraction of sp³-hybridized carbons (Fsp3) is 0.240. The Morgan fingerprint density at radius 2 is 1.11 bits per heavy atom. The van der Waals surface area contributed by atoms with E-state index in [-0.39, 0.29) is 17.9 Å². The average molecular weight is 357 g/mol. The molecule has 1 atom stereocenters. The normalized spacial score (nSPS) is 12.1. The van der Waals surface area contributed by atoms with Crippen LogP contribution in [0, 0.1) is 5.92 Å². The molecule has 0 unspecified atom stereocenters. The summed E-state index contributed by atoms with van der Waals surface area (Å²) in [5.74, 6) is 0.218. The third-order valence-electron chi connectivity index (χ3n) is 4.75. The SMILES string of the molecule is CC(C)C[C@@H](NC(=O)C(c1ccccc1)c1ccccc1)c1ccccc1. The highest BCUT2D eigenvalue weighted by molar-refractivity contribution is 5.87. The quantitative estimate of drug-likeness (QED) is 0.575. The number of amides is 1. The van der Waals surface area contributed by atoms with Crippen molar-refractivity contribution in [3.63, 3.8) is 0 Å². The van der Waals surface area contributed by atoms with E-state index in [1.54, 1.807) is 0 Å². The van der Waals surface area contributed by atoms with Crippen molar-refractivity contribution in [1.82, 2.24) is 5.32 Å². The number of nitrogens with one attached hydrogen (secondary N) is 1. The first kappa shape index (κ1) is 18.9. The van der Waals surface area contributed by atoms with Crippen molar-refractivity contribution in [1.29, 1.82) is 0 Å². The first-order valence-electron chi connectivity index (χ1n) is 9.60. The van der Waals surface area contributed by atoms with Crippen LogP contribution in [0.25, 0.3) is 0 Å². The molecule has 0 saturated heterocycles. The molecular weight excluding hydrogens is 330 g/mol. The van der Waals surface area contributed by atoms with E-state index >= 15 is 0 Å². The number of hydrogen-bond donors (Lipinski definition) is 1. The molecule has 1 amide bonds. The van der Waals surface area contributed by atoms with Crippen molar-refractivity contribution >= 4 is 5.91 Å². The van der Waals surface area contributed by atoms with Crippen LogP contribution in [-0.4, -0.2) is 5.91 Å². The van der Waals surface area contributed by atoms with Gasteiger partial charge >= 0.3 is 0 Å². The standard InChI is InChI=1S/C25H27NO/c1-19(2)18-23(20-12-6-3-7-13-20)26-25(27)24(21-14-8-4-9-15-21)22-16-10-5-11-17-22/h3-17,19,23-24H,18H2,1-2H3,(H,26,27)/t23-/m1/s1. The number of rotatable bonds is 7. The fourth-order valence-corrected chi connectivity index (χ4v) is 3.48. The zero-order chi connectivity index (χ0) is 19.1. The molecule has 0 heterocycles. The molecule has 0 spiro atoms. The Labute approximate surface area is 162 Å². The third kappa shape index (κ3) is 5.07. The first-order chi connectivity index (χ1) is 13.1. The van der Waals surface area contributed by atoms with Crippen LogP contribution in [0.3, 0.4) is 0 Å². The maximum Gasteiger partial charge on any atom is 0.232 e. The van der Waals surface area contributed by atoms with Gasteiger partial charge in [-0.25, -0.2) is 0 Å². The fourth-order valence-electron chi connectivity index (χ4n) is 3.48. The maximum absolute atomic E-state index is 13.4. The second-order valence-electron chi connectivity index (χ2n) is 7.36. The minimum atomic E-state index is -0.314. The van der Waals surface area contributed by atoms with E-state index in [0.717, 1.165) is 23.1 Å². The van der Waals surface area contributed by atoms with Gasteiger partial charge in [0.25, 0.3) is 0 Å². The molecule has 0 aliphatic rings. The zero-order valence-corrected chi connectivity index (χ0v) is 16.0. The highest BCUT2D eigenvalue weighted by Gasteiger charge is 2.25. The second kappa shape index (κ2) is 9.18. The zero-order valence-electron chi connectivity index (χ0n) is 16.0. The summed E-state index contributed by atoms with van der Waals surface area (Å²) in [6.07, 6.45) is 0.909. The van der Waals surface area contributed by atoms with Gasteiger partial charge in [0, 0.05) is 0 Å². The summed E-state index contributed by atoms with van der Waals surface area (Å²) in [6.45, 7) is 4.38. The smallest absolute Gasteiger partial charge is 0.232 e. The Hall–Kier alpha value is -2.87. The van der Waals surface area contributed by atoms with E-state index in [9.17, 15) is 4.79 Å². The van der Waals surface area contributed by atoms with Crippen LogP contribution in [-0.2, 0) is 4.79 Å². The Kier molecular flexibility index (Phi) is 6.43. The maximum atomic E-state index is 13.4. The van der Waals surface area contributed by atoms with Gasteiger partial charge in [0.1, 0.15) is 0 Å². The molecule has 3 rings (SSSR count). The topological polar surface area (TPSA) is 29.1 Å². The average Bonchev–Trinajstić information content (AvgIpc) is 2.70. The molecule has 0 aliphatic carbocycles. The lowest BCUT2D eigenvalue weighted by molar-refractivity contribution is -0.122. The molecule has 3 aromatic carbocycles. The van der Waals surface area contributed by atoms with Crippen LogP contribution in [0.1, 0.15) is 48.9 Å². The second-order valence-corrected chi connectivity index (χ2v) is 7.36. The van der Waals surface area contributed by atoms with Crippen LogP contribution < -0.4 is 5.32 Å².